The number of ether oxygens (including phenoxy) is 1. The van der Waals surface area contributed by atoms with Gasteiger partial charge in [0.05, 0.1) is 0 Å². The van der Waals surface area contributed by atoms with Gasteiger partial charge in [-0.15, -0.1) is 0 Å². The van der Waals surface area contributed by atoms with Gasteiger partial charge in [0, 0.05) is 0 Å². The third-order valence-corrected chi connectivity index (χ3v) is 48.5. The SMILES string of the molecule is COc1ccc(C[P+](S)([S][Ge]([CH3])[CH3])[S][Ge]([CH3])[CH3])cc1. The van der Waals surface area contributed by atoms with Crippen LogP contribution in [-0.2, 0) is 6.16 Å². The van der Waals surface area contributed by atoms with E-state index in [1.165, 1.54) is 5.56 Å². The molecule has 0 saturated carbocycles. The Morgan fingerprint density at radius 2 is 1.53 bits per heavy atom. The van der Waals surface area contributed by atoms with E-state index in [1.807, 2.05) is 0 Å². The van der Waals surface area contributed by atoms with Gasteiger partial charge in [0.2, 0.25) is 0 Å². The van der Waals surface area contributed by atoms with Crippen LogP contribution in [0.4, 0.5) is 0 Å². The van der Waals surface area contributed by atoms with Crippen LogP contribution in [0.15, 0.2) is 24.3 Å². The van der Waals surface area contributed by atoms with E-state index >= 15 is 0 Å². The average molecular weight is 455 g/mol. The topological polar surface area (TPSA) is 9.23 Å². The van der Waals surface area contributed by atoms with E-state index in [0.29, 0.717) is 0 Å². The Hall–Kier alpha value is 1.59. The Balaban J connectivity index is 2.80. The second kappa shape index (κ2) is 8.89. The van der Waals surface area contributed by atoms with E-state index < -0.39 is 31.3 Å². The first-order valence-corrected chi connectivity index (χ1v) is 25.6. The van der Waals surface area contributed by atoms with Crippen molar-refractivity contribution in [2.75, 3.05) is 7.11 Å². The molecule has 0 fully saturated rings. The molecule has 0 aliphatic heterocycles. The first kappa shape index (κ1) is 18.6. The van der Waals surface area contributed by atoms with Crippen LogP contribution in [-0.4, -0.2) is 33.5 Å². The fourth-order valence-corrected chi connectivity index (χ4v) is 75.5. The predicted octanol–water partition coefficient (Wildman–Crippen LogP) is 5.86. The molecule has 0 saturated heterocycles. The standard InChI is InChI=1S/C12H22Ge2OPS3/c1-13(2)18-16(17,19-14(3)4)10-11-6-8-12(15-5)9-7-11/h6-9,17H,10H2,1-5H3/q+1. The Bertz CT molecular complexity index is 377. The number of benzene rings is 1. The summed E-state index contributed by atoms with van der Waals surface area (Å²) >= 11 is 3.35. The van der Waals surface area contributed by atoms with Crippen molar-refractivity contribution >= 4 is 62.9 Å². The van der Waals surface area contributed by atoms with Crippen molar-refractivity contribution in [2.45, 2.75) is 29.2 Å². The zero-order valence-corrected chi connectivity index (χ0v) is 19.8. The number of thiol groups is 1. The third-order valence-electron chi connectivity index (χ3n) is 2.19. The molecule has 1 nitrogen and oxygen atoms in total. The molecule has 19 heavy (non-hydrogen) atoms. The van der Waals surface area contributed by atoms with Gasteiger partial charge in [-0.2, -0.15) is 0 Å². The van der Waals surface area contributed by atoms with Crippen molar-refractivity contribution in [2.24, 2.45) is 0 Å². The molecular formula is C12H22Ge2OPS3+. The molecule has 1 rings (SSSR count). The van der Waals surface area contributed by atoms with Crippen LogP contribution in [0.25, 0.3) is 0 Å². The van der Waals surface area contributed by atoms with Crippen molar-refractivity contribution in [1.29, 1.82) is 0 Å². The molecule has 0 aromatic heterocycles. The van der Waals surface area contributed by atoms with Crippen LogP contribution in [0.5, 0.6) is 5.75 Å². The normalized spacial score (nSPS) is 12.2. The van der Waals surface area contributed by atoms with Crippen molar-refractivity contribution in [3.63, 3.8) is 0 Å². The summed E-state index contributed by atoms with van der Waals surface area (Å²) in [4.78, 5) is -1.19. The molecule has 0 bridgehead atoms. The van der Waals surface area contributed by atoms with Crippen LogP contribution in [0.1, 0.15) is 5.56 Å². The molecule has 0 heterocycles. The van der Waals surface area contributed by atoms with Gasteiger partial charge in [-0.1, -0.05) is 0 Å². The second-order valence-corrected chi connectivity index (χ2v) is 38.8. The van der Waals surface area contributed by atoms with Gasteiger partial charge >= 0.3 is 140 Å². The van der Waals surface area contributed by atoms with Gasteiger partial charge in [-0.3, -0.25) is 0 Å². The van der Waals surface area contributed by atoms with Crippen molar-refractivity contribution in [3.8, 4) is 5.75 Å². The fraction of sp³-hybridized carbons (Fsp3) is 0.500. The van der Waals surface area contributed by atoms with E-state index in [0.717, 1.165) is 11.9 Å². The van der Waals surface area contributed by atoms with Gasteiger partial charge in [0.1, 0.15) is 0 Å². The molecule has 0 aliphatic carbocycles. The van der Waals surface area contributed by atoms with E-state index in [2.05, 4.69) is 66.7 Å². The average Bonchev–Trinajstić information content (AvgIpc) is 2.27. The Morgan fingerprint density at radius 1 is 1.05 bits per heavy atom. The van der Waals surface area contributed by atoms with Gasteiger partial charge in [-0.25, -0.2) is 0 Å². The van der Waals surface area contributed by atoms with E-state index in [1.54, 1.807) is 7.11 Å². The number of rotatable bonds is 7. The molecule has 1 aromatic carbocycles. The van der Waals surface area contributed by atoms with Crippen molar-refractivity contribution in [1.82, 2.24) is 0 Å². The predicted molar refractivity (Wildman–Crippen MR) is 103 cm³/mol. The van der Waals surface area contributed by atoms with E-state index in [-0.39, 0.29) is 0 Å². The van der Waals surface area contributed by atoms with Crippen molar-refractivity contribution in [3.05, 3.63) is 29.8 Å². The summed E-state index contributed by atoms with van der Waals surface area (Å²) in [6, 6.07) is 8.52. The van der Waals surface area contributed by atoms with Crippen LogP contribution in [0, 0.1) is 0 Å². The minimum atomic E-state index is -1.19. The Labute approximate surface area is 138 Å². The zero-order valence-electron chi connectivity index (χ0n) is 12.1. The summed E-state index contributed by atoms with van der Waals surface area (Å²) in [5.74, 6) is 10.7. The third kappa shape index (κ3) is 7.41. The quantitative estimate of drug-likeness (QED) is 0.314. The molecular weight excluding hydrogens is 433 g/mol. The van der Waals surface area contributed by atoms with E-state index in [9.17, 15) is 0 Å². The summed E-state index contributed by atoms with van der Waals surface area (Å²) in [6.07, 6.45) is 1.14. The molecule has 1 aromatic rings. The fourth-order valence-electron chi connectivity index (χ4n) is 1.62. The zero-order chi connectivity index (χ0) is 14.5. The Kier molecular flexibility index (Phi) is 8.72. The number of methoxy groups -OCH3 is 1. The molecule has 0 N–H and O–H groups in total. The van der Waals surface area contributed by atoms with Crippen LogP contribution >= 0.6 is 36.5 Å². The number of hydrogen-bond acceptors (Lipinski definition) is 4. The van der Waals surface area contributed by atoms with E-state index in [4.69, 9.17) is 17.0 Å². The summed E-state index contributed by atoms with van der Waals surface area (Å²) < 4.78 is 5.22. The van der Waals surface area contributed by atoms with Gasteiger partial charge in [0.15, 0.2) is 0 Å². The molecule has 0 aliphatic rings. The maximum absolute atomic E-state index is 5.22. The molecule has 0 unspecified atom stereocenters. The molecule has 2 radical (unpaired) electrons. The van der Waals surface area contributed by atoms with Crippen molar-refractivity contribution < 1.29 is 4.74 Å². The molecule has 0 spiro atoms. The van der Waals surface area contributed by atoms with Crippen LogP contribution in [0.3, 0.4) is 0 Å². The minimum absolute atomic E-state index is 0.898. The van der Waals surface area contributed by atoms with Gasteiger partial charge < -0.3 is 0 Å². The number of hydrogen-bond donors (Lipinski definition) is 1. The summed E-state index contributed by atoms with van der Waals surface area (Å²) in [5.41, 5.74) is 1.41. The molecule has 7 heteroatoms. The second-order valence-electron chi connectivity index (χ2n) is 4.64. The Morgan fingerprint density at radius 3 is 1.89 bits per heavy atom. The van der Waals surface area contributed by atoms with Crippen LogP contribution < -0.4 is 4.74 Å². The summed E-state index contributed by atoms with van der Waals surface area (Å²) in [6.45, 7) is 0. The summed E-state index contributed by atoms with van der Waals surface area (Å²) in [7, 11) is 6.22. The summed E-state index contributed by atoms with van der Waals surface area (Å²) in [5, 5.41) is 0. The van der Waals surface area contributed by atoms with Gasteiger partial charge in [0.25, 0.3) is 0 Å². The molecule has 106 valence electrons. The van der Waals surface area contributed by atoms with Gasteiger partial charge in [-0.05, 0) is 0 Å². The van der Waals surface area contributed by atoms with Crippen LogP contribution in [0.2, 0.25) is 23.0 Å². The molecule has 0 atom stereocenters. The first-order chi connectivity index (χ1) is 8.84. The molecule has 0 amide bonds. The first-order valence-electron chi connectivity index (χ1n) is 6.08. The monoisotopic (exact) mass is 457 g/mol. The maximum atomic E-state index is 5.22.